The first kappa shape index (κ1) is 12.2. The van der Waals surface area contributed by atoms with Crippen molar-refractivity contribution in [1.82, 2.24) is 5.32 Å². The van der Waals surface area contributed by atoms with Gasteiger partial charge in [-0.2, -0.15) is 0 Å². The van der Waals surface area contributed by atoms with Crippen molar-refractivity contribution in [3.05, 3.63) is 28.2 Å². The minimum atomic E-state index is 0.175. The van der Waals surface area contributed by atoms with Gasteiger partial charge in [0.05, 0.1) is 7.11 Å². The van der Waals surface area contributed by atoms with Gasteiger partial charge in [-0.15, -0.1) is 11.6 Å². The highest BCUT2D eigenvalue weighted by molar-refractivity contribution is 9.10. The van der Waals surface area contributed by atoms with E-state index in [0.717, 1.165) is 22.3 Å². The Hall–Kier alpha value is -0.250. The normalized spacial score (nSPS) is 17.2. The summed E-state index contributed by atoms with van der Waals surface area (Å²) < 4.78 is 6.40. The Labute approximate surface area is 109 Å². The van der Waals surface area contributed by atoms with Gasteiger partial charge >= 0.3 is 0 Å². The van der Waals surface area contributed by atoms with E-state index in [9.17, 15) is 0 Å². The molecule has 2 nitrogen and oxygen atoms in total. The van der Waals surface area contributed by atoms with E-state index in [1.54, 1.807) is 7.11 Å². The van der Waals surface area contributed by atoms with Crippen molar-refractivity contribution in [1.29, 1.82) is 0 Å². The molecule has 0 atom stereocenters. The Balaban J connectivity index is 2.05. The number of hydrogen-bond acceptors (Lipinski definition) is 2. The maximum Gasteiger partial charge on any atom is 0.123 e. The summed E-state index contributed by atoms with van der Waals surface area (Å²) in [5.41, 5.74) is 1.34. The molecule has 16 heavy (non-hydrogen) atoms. The quantitative estimate of drug-likeness (QED) is 0.843. The molecule has 0 bridgehead atoms. The molecule has 0 radical (unpaired) electrons. The van der Waals surface area contributed by atoms with E-state index in [-0.39, 0.29) is 5.54 Å². The molecule has 1 fully saturated rings. The fourth-order valence-corrected chi connectivity index (χ4v) is 2.45. The summed E-state index contributed by atoms with van der Waals surface area (Å²) in [7, 11) is 1.70. The van der Waals surface area contributed by atoms with E-state index in [1.165, 1.54) is 12.8 Å². The van der Waals surface area contributed by atoms with Gasteiger partial charge in [-0.3, -0.25) is 0 Å². The third kappa shape index (κ3) is 2.70. The van der Waals surface area contributed by atoms with Crippen molar-refractivity contribution < 1.29 is 4.74 Å². The zero-order valence-corrected chi connectivity index (χ0v) is 11.6. The van der Waals surface area contributed by atoms with Crippen molar-refractivity contribution in [3.8, 4) is 5.75 Å². The van der Waals surface area contributed by atoms with Gasteiger partial charge in [-0.05, 0) is 31.0 Å². The minimum Gasteiger partial charge on any atom is -0.496 e. The third-order valence-electron chi connectivity index (χ3n) is 3.01. The van der Waals surface area contributed by atoms with Gasteiger partial charge in [0.2, 0.25) is 0 Å². The van der Waals surface area contributed by atoms with E-state index in [2.05, 4.69) is 27.3 Å². The topological polar surface area (TPSA) is 21.3 Å². The van der Waals surface area contributed by atoms with Crippen LogP contribution in [0.15, 0.2) is 22.7 Å². The fourth-order valence-electron chi connectivity index (χ4n) is 1.68. The molecule has 0 unspecified atom stereocenters. The Morgan fingerprint density at radius 3 is 2.81 bits per heavy atom. The maximum absolute atomic E-state index is 5.92. The minimum absolute atomic E-state index is 0.175. The van der Waals surface area contributed by atoms with Gasteiger partial charge in [0.25, 0.3) is 0 Å². The molecule has 0 heterocycles. The van der Waals surface area contributed by atoms with Gasteiger partial charge in [0.1, 0.15) is 5.75 Å². The van der Waals surface area contributed by atoms with Crippen LogP contribution < -0.4 is 10.1 Å². The first-order valence-electron chi connectivity index (χ1n) is 5.32. The number of halogens is 2. The second-order valence-electron chi connectivity index (χ2n) is 4.22. The lowest BCUT2D eigenvalue weighted by Crippen LogP contribution is -2.32. The summed E-state index contributed by atoms with van der Waals surface area (Å²) in [6.07, 6.45) is 2.35. The molecule has 88 valence electrons. The predicted molar refractivity (Wildman–Crippen MR) is 70.2 cm³/mol. The van der Waals surface area contributed by atoms with Crippen LogP contribution in [0.3, 0.4) is 0 Å². The molecule has 1 aromatic carbocycles. The van der Waals surface area contributed by atoms with Crippen LogP contribution in [0, 0.1) is 0 Å². The van der Waals surface area contributed by atoms with Crippen LogP contribution in [0.25, 0.3) is 0 Å². The van der Waals surface area contributed by atoms with Crippen LogP contribution in [0.4, 0.5) is 0 Å². The number of rotatable bonds is 5. The molecule has 0 aliphatic heterocycles. The second kappa shape index (κ2) is 4.94. The Morgan fingerprint density at radius 2 is 2.25 bits per heavy atom. The van der Waals surface area contributed by atoms with E-state index in [4.69, 9.17) is 16.3 Å². The Morgan fingerprint density at radius 1 is 1.50 bits per heavy atom. The van der Waals surface area contributed by atoms with Gasteiger partial charge in [0.15, 0.2) is 0 Å². The molecule has 1 saturated carbocycles. The Kier molecular flexibility index (Phi) is 3.77. The molecule has 0 amide bonds. The molecular weight excluding hydrogens is 289 g/mol. The zero-order chi connectivity index (χ0) is 11.6. The molecule has 1 aliphatic carbocycles. The summed E-state index contributed by atoms with van der Waals surface area (Å²) in [4.78, 5) is 0. The van der Waals surface area contributed by atoms with Crippen LogP contribution in [0.5, 0.6) is 5.75 Å². The van der Waals surface area contributed by atoms with E-state index < -0.39 is 0 Å². The molecule has 0 aromatic heterocycles. The third-order valence-corrected chi connectivity index (χ3v) is 4.01. The summed E-state index contributed by atoms with van der Waals surface area (Å²) in [6.45, 7) is 0.801. The number of alkyl halides is 1. The molecule has 4 heteroatoms. The monoisotopic (exact) mass is 303 g/mol. The average molecular weight is 305 g/mol. The summed E-state index contributed by atoms with van der Waals surface area (Å²) >= 11 is 9.39. The fraction of sp³-hybridized carbons (Fsp3) is 0.500. The highest BCUT2D eigenvalue weighted by Crippen LogP contribution is 2.37. The SMILES string of the molecule is COc1ccc(Br)cc1CNC1(CCl)CC1. The molecule has 1 aromatic rings. The van der Waals surface area contributed by atoms with Crippen LogP contribution >= 0.6 is 27.5 Å². The number of hydrogen-bond donors (Lipinski definition) is 1. The second-order valence-corrected chi connectivity index (χ2v) is 5.41. The highest BCUT2D eigenvalue weighted by Gasteiger charge is 2.41. The number of ether oxygens (including phenoxy) is 1. The van der Waals surface area contributed by atoms with Gasteiger partial charge in [-0.1, -0.05) is 15.9 Å². The van der Waals surface area contributed by atoms with Gasteiger partial charge in [0, 0.05) is 28.0 Å². The molecule has 0 spiro atoms. The van der Waals surface area contributed by atoms with Crippen LogP contribution in [0.2, 0.25) is 0 Å². The van der Waals surface area contributed by atoms with Crippen LogP contribution in [-0.4, -0.2) is 18.5 Å². The maximum atomic E-state index is 5.92. The lowest BCUT2D eigenvalue weighted by Gasteiger charge is -2.15. The largest absolute Gasteiger partial charge is 0.496 e. The zero-order valence-electron chi connectivity index (χ0n) is 9.22. The number of benzene rings is 1. The molecule has 1 aliphatic rings. The molecular formula is C12H15BrClNO. The van der Waals surface area contributed by atoms with Crippen molar-refractivity contribution in [2.24, 2.45) is 0 Å². The summed E-state index contributed by atoms with van der Waals surface area (Å²) in [5.74, 6) is 1.60. The highest BCUT2D eigenvalue weighted by atomic mass is 79.9. The Bertz CT molecular complexity index is 379. The summed E-state index contributed by atoms with van der Waals surface area (Å²) in [5, 5.41) is 3.51. The first-order valence-corrected chi connectivity index (χ1v) is 6.65. The van der Waals surface area contributed by atoms with E-state index in [0.29, 0.717) is 5.88 Å². The van der Waals surface area contributed by atoms with E-state index >= 15 is 0 Å². The number of nitrogens with one attached hydrogen (secondary N) is 1. The summed E-state index contributed by atoms with van der Waals surface area (Å²) in [6, 6.07) is 6.04. The molecule has 2 rings (SSSR count). The predicted octanol–water partition coefficient (Wildman–Crippen LogP) is 3.32. The first-order chi connectivity index (χ1) is 7.69. The van der Waals surface area contributed by atoms with E-state index in [1.807, 2.05) is 12.1 Å². The molecule has 1 N–H and O–H groups in total. The van der Waals surface area contributed by atoms with Crippen molar-refractivity contribution in [2.75, 3.05) is 13.0 Å². The van der Waals surface area contributed by atoms with Crippen molar-refractivity contribution >= 4 is 27.5 Å². The molecule has 0 saturated heterocycles. The standard InChI is InChI=1S/C12H15BrClNO/c1-16-11-3-2-10(13)6-9(11)7-15-12(8-14)4-5-12/h2-3,6,15H,4-5,7-8H2,1H3. The lowest BCUT2D eigenvalue weighted by molar-refractivity contribution is 0.405. The van der Waals surface area contributed by atoms with Gasteiger partial charge < -0.3 is 10.1 Å². The van der Waals surface area contributed by atoms with Crippen molar-refractivity contribution in [2.45, 2.75) is 24.9 Å². The van der Waals surface area contributed by atoms with Crippen LogP contribution in [-0.2, 0) is 6.54 Å². The van der Waals surface area contributed by atoms with Crippen molar-refractivity contribution in [3.63, 3.8) is 0 Å². The average Bonchev–Trinajstić information content (AvgIpc) is 3.07. The number of methoxy groups -OCH3 is 1. The van der Waals surface area contributed by atoms with Gasteiger partial charge in [-0.25, -0.2) is 0 Å². The smallest absolute Gasteiger partial charge is 0.123 e. The van der Waals surface area contributed by atoms with Crippen LogP contribution in [0.1, 0.15) is 18.4 Å². The lowest BCUT2D eigenvalue weighted by atomic mass is 10.2.